The average Bonchev–Trinajstić information content (AvgIpc) is 2.32. The minimum absolute atomic E-state index is 0.0373. The van der Waals surface area contributed by atoms with E-state index in [4.69, 9.17) is 5.73 Å². The third kappa shape index (κ3) is 3.48. The molecule has 0 aromatic heterocycles. The van der Waals surface area contributed by atoms with Crippen LogP contribution in [0.5, 0.6) is 0 Å². The van der Waals surface area contributed by atoms with Crippen molar-refractivity contribution in [3.8, 4) is 0 Å². The molecule has 0 aliphatic heterocycles. The maximum absolute atomic E-state index is 13.6. The van der Waals surface area contributed by atoms with E-state index in [-0.39, 0.29) is 24.8 Å². The number of hydrogen-bond acceptors (Lipinski definition) is 1. The number of rotatable bonds is 2. The van der Waals surface area contributed by atoms with Gasteiger partial charge in [-0.2, -0.15) is 13.2 Å². The number of halogens is 5. The zero-order valence-electron chi connectivity index (χ0n) is 10.8. The predicted octanol–water partition coefficient (Wildman–Crippen LogP) is 3.96. The van der Waals surface area contributed by atoms with E-state index in [1.165, 1.54) is 0 Å². The Morgan fingerprint density at radius 2 is 1.95 bits per heavy atom. The topological polar surface area (TPSA) is 26.0 Å². The number of hydrogen-bond donors (Lipinski definition) is 1. The van der Waals surface area contributed by atoms with Crippen molar-refractivity contribution in [2.75, 3.05) is 0 Å². The van der Waals surface area contributed by atoms with Crippen LogP contribution in [0.15, 0.2) is 18.2 Å². The Kier molecular flexibility index (Phi) is 4.04. The minimum Gasteiger partial charge on any atom is -0.325 e. The lowest BCUT2D eigenvalue weighted by atomic mass is 9.73. The van der Waals surface area contributed by atoms with E-state index in [1.807, 2.05) is 0 Å². The van der Waals surface area contributed by atoms with Crippen molar-refractivity contribution in [2.45, 2.75) is 43.8 Å². The molecule has 1 saturated carbocycles. The highest BCUT2D eigenvalue weighted by Gasteiger charge is 2.46. The first-order chi connectivity index (χ1) is 9.20. The zero-order valence-corrected chi connectivity index (χ0v) is 10.8. The van der Waals surface area contributed by atoms with Crippen LogP contribution in [-0.4, -0.2) is 11.7 Å². The molecule has 1 aliphatic carbocycles. The van der Waals surface area contributed by atoms with Crippen LogP contribution in [0.25, 0.3) is 0 Å². The van der Waals surface area contributed by atoms with Crippen LogP contribution in [0, 0.1) is 17.6 Å². The molecule has 2 N–H and O–H groups in total. The lowest BCUT2D eigenvalue weighted by molar-refractivity contribution is -0.187. The Bertz CT molecular complexity index is 485. The first kappa shape index (κ1) is 15.2. The van der Waals surface area contributed by atoms with Crippen LogP contribution < -0.4 is 5.73 Å². The van der Waals surface area contributed by atoms with E-state index in [0.29, 0.717) is 12.8 Å². The van der Waals surface area contributed by atoms with Crippen molar-refractivity contribution < 1.29 is 22.0 Å². The summed E-state index contributed by atoms with van der Waals surface area (Å²) in [6.45, 7) is 0. The van der Waals surface area contributed by atoms with E-state index < -0.39 is 29.3 Å². The number of alkyl halides is 3. The van der Waals surface area contributed by atoms with E-state index in [9.17, 15) is 22.0 Å². The molecule has 1 aliphatic rings. The van der Waals surface area contributed by atoms with Crippen LogP contribution in [0.3, 0.4) is 0 Å². The Morgan fingerprint density at radius 1 is 1.25 bits per heavy atom. The fourth-order valence-electron chi connectivity index (χ4n) is 2.89. The third-order valence-electron chi connectivity index (χ3n) is 3.89. The maximum Gasteiger partial charge on any atom is 0.391 e. The zero-order chi connectivity index (χ0) is 15.0. The van der Waals surface area contributed by atoms with Gasteiger partial charge in [0.2, 0.25) is 0 Å². The van der Waals surface area contributed by atoms with Crippen LogP contribution in [0.4, 0.5) is 22.0 Å². The summed E-state index contributed by atoms with van der Waals surface area (Å²) in [6.07, 6.45) is -3.83. The van der Waals surface area contributed by atoms with Gasteiger partial charge in [0.1, 0.15) is 11.6 Å². The van der Waals surface area contributed by atoms with Crippen molar-refractivity contribution in [3.63, 3.8) is 0 Å². The van der Waals surface area contributed by atoms with Gasteiger partial charge in [-0.25, -0.2) is 8.78 Å². The van der Waals surface area contributed by atoms with E-state index >= 15 is 0 Å². The van der Waals surface area contributed by atoms with Gasteiger partial charge in [-0.15, -0.1) is 0 Å². The lowest BCUT2D eigenvalue weighted by Crippen LogP contribution is -2.49. The van der Waals surface area contributed by atoms with Gasteiger partial charge >= 0.3 is 6.18 Å². The Hall–Kier alpha value is -1.17. The van der Waals surface area contributed by atoms with Crippen molar-refractivity contribution in [2.24, 2.45) is 11.7 Å². The Labute approximate surface area is 114 Å². The summed E-state index contributed by atoms with van der Waals surface area (Å²) >= 11 is 0. The molecule has 2 atom stereocenters. The summed E-state index contributed by atoms with van der Waals surface area (Å²) in [4.78, 5) is 0. The summed E-state index contributed by atoms with van der Waals surface area (Å²) in [5.41, 5.74) is 4.91. The fourth-order valence-corrected chi connectivity index (χ4v) is 2.89. The first-order valence-electron chi connectivity index (χ1n) is 6.49. The van der Waals surface area contributed by atoms with E-state index in [1.54, 1.807) is 0 Å². The molecule has 112 valence electrons. The molecule has 0 heterocycles. The van der Waals surface area contributed by atoms with E-state index in [0.717, 1.165) is 18.2 Å². The van der Waals surface area contributed by atoms with Gasteiger partial charge in [-0.3, -0.25) is 0 Å². The monoisotopic (exact) mass is 293 g/mol. The summed E-state index contributed by atoms with van der Waals surface area (Å²) in [6, 6.07) is 2.95. The van der Waals surface area contributed by atoms with Crippen molar-refractivity contribution in [1.82, 2.24) is 0 Å². The third-order valence-corrected chi connectivity index (χ3v) is 3.89. The molecule has 6 heteroatoms. The smallest absolute Gasteiger partial charge is 0.325 e. The molecule has 20 heavy (non-hydrogen) atoms. The molecular formula is C14H16F5N. The van der Waals surface area contributed by atoms with Crippen LogP contribution in [0.2, 0.25) is 0 Å². The summed E-state index contributed by atoms with van der Waals surface area (Å²) in [5.74, 6) is -2.71. The van der Waals surface area contributed by atoms with Crippen molar-refractivity contribution in [1.29, 1.82) is 0 Å². The highest BCUT2D eigenvalue weighted by Crippen LogP contribution is 2.42. The van der Waals surface area contributed by atoms with Gasteiger partial charge in [-0.05, 0) is 49.4 Å². The SMILES string of the molecule is NC1(Cc2cc(F)ccc2F)CCCC(C(F)(F)F)C1. The van der Waals surface area contributed by atoms with Crippen LogP contribution in [0.1, 0.15) is 31.2 Å². The fraction of sp³-hybridized carbons (Fsp3) is 0.571. The predicted molar refractivity (Wildman–Crippen MR) is 65.0 cm³/mol. The lowest BCUT2D eigenvalue weighted by Gasteiger charge is -2.39. The number of benzene rings is 1. The summed E-state index contributed by atoms with van der Waals surface area (Å²) < 4.78 is 65.0. The molecule has 1 nitrogen and oxygen atoms in total. The summed E-state index contributed by atoms with van der Waals surface area (Å²) in [5, 5.41) is 0. The number of nitrogens with two attached hydrogens (primary N) is 1. The van der Waals surface area contributed by atoms with Gasteiger partial charge in [0.05, 0.1) is 5.92 Å². The molecule has 1 aromatic rings. The van der Waals surface area contributed by atoms with E-state index in [2.05, 4.69) is 0 Å². The highest BCUT2D eigenvalue weighted by molar-refractivity contribution is 5.21. The Balaban J connectivity index is 2.16. The van der Waals surface area contributed by atoms with Crippen LogP contribution >= 0.6 is 0 Å². The van der Waals surface area contributed by atoms with Gasteiger partial charge in [0.15, 0.2) is 0 Å². The molecule has 1 aromatic carbocycles. The molecule has 0 saturated heterocycles. The van der Waals surface area contributed by atoms with Crippen molar-refractivity contribution in [3.05, 3.63) is 35.4 Å². The normalized spacial score (nSPS) is 27.6. The maximum atomic E-state index is 13.6. The molecule has 2 unspecified atom stereocenters. The van der Waals surface area contributed by atoms with Gasteiger partial charge in [-0.1, -0.05) is 6.42 Å². The first-order valence-corrected chi connectivity index (χ1v) is 6.49. The van der Waals surface area contributed by atoms with Gasteiger partial charge < -0.3 is 5.73 Å². The second-order valence-corrected chi connectivity index (χ2v) is 5.61. The van der Waals surface area contributed by atoms with Gasteiger partial charge in [0.25, 0.3) is 0 Å². The van der Waals surface area contributed by atoms with Crippen molar-refractivity contribution >= 4 is 0 Å². The molecule has 0 radical (unpaired) electrons. The summed E-state index contributed by atoms with van der Waals surface area (Å²) in [7, 11) is 0. The molecular weight excluding hydrogens is 277 g/mol. The second kappa shape index (κ2) is 5.31. The largest absolute Gasteiger partial charge is 0.391 e. The Morgan fingerprint density at radius 3 is 2.60 bits per heavy atom. The highest BCUT2D eigenvalue weighted by atomic mass is 19.4. The molecule has 2 rings (SSSR count). The molecule has 0 spiro atoms. The molecule has 0 bridgehead atoms. The molecule has 0 amide bonds. The molecule has 1 fully saturated rings. The standard InChI is InChI=1S/C14H16F5N/c15-11-3-4-12(16)9(6-11)7-13(20)5-1-2-10(8-13)14(17,18)19/h3-4,6,10H,1-2,5,7-8,20H2. The minimum atomic E-state index is -4.29. The second-order valence-electron chi connectivity index (χ2n) is 5.61. The quantitative estimate of drug-likeness (QED) is 0.821. The van der Waals surface area contributed by atoms with Crippen LogP contribution in [-0.2, 0) is 6.42 Å². The van der Waals surface area contributed by atoms with Gasteiger partial charge in [0, 0.05) is 5.54 Å². The average molecular weight is 293 g/mol.